The first-order chi connectivity index (χ1) is 15.0. The molecule has 3 aromatic carbocycles. The highest BCUT2D eigenvalue weighted by molar-refractivity contribution is 6.31. The second-order valence-electron chi connectivity index (χ2n) is 7.05. The van der Waals surface area contributed by atoms with Gasteiger partial charge in [-0.05, 0) is 48.9 Å². The highest BCUT2D eigenvalue weighted by Gasteiger charge is 2.17. The summed E-state index contributed by atoms with van der Waals surface area (Å²) in [5.41, 5.74) is 4.21. The zero-order chi connectivity index (χ0) is 22.0. The van der Waals surface area contributed by atoms with Crippen LogP contribution in [0.1, 0.15) is 15.9 Å². The molecule has 0 bridgehead atoms. The third-order valence-corrected chi connectivity index (χ3v) is 5.33. The minimum absolute atomic E-state index is 0.238. The first-order valence-corrected chi connectivity index (χ1v) is 10.1. The average Bonchev–Trinajstić information content (AvgIpc) is 2.80. The van der Waals surface area contributed by atoms with Gasteiger partial charge in [0.1, 0.15) is 11.5 Å². The molecule has 1 N–H and O–H groups in total. The zero-order valence-electron chi connectivity index (χ0n) is 17.4. The number of para-hydroxylation sites is 1. The van der Waals surface area contributed by atoms with Crippen molar-refractivity contribution in [2.24, 2.45) is 0 Å². The van der Waals surface area contributed by atoms with Crippen molar-refractivity contribution in [3.63, 3.8) is 0 Å². The van der Waals surface area contributed by atoms with E-state index in [1.54, 1.807) is 38.5 Å². The number of benzene rings is 3. The van der Waals surface area contributed by atoms with E-state index >= 15 is 0 Å². The fraction of sp³-hybridized carbons (Fsp3) is 0.120. The predicted molar refractivity (Wildman–Crippen MR) is 124 cm³/mol. The average molecular weight is 433 g/mol. The van der Waals surface area contributed by atoms with Gasteiger partial charge in [-0.3, -0.25) is 4.79 Å². The van der Waals surface area contributed by atoms with Gasteiger partial charge in [0.15, 0.2) is 0 Å². The molecule has 1 amide bonds. The standard InChI is InChI=1S/C25H21ClN2O3/c1-15-8-9-16(26)12-22(15)28-25(29)20-14-23(27-21-7-5-4-6-18(20)21)19-11-10-17(30-2)13-24(19)31-3/h4-14H,1-3H3,(H,28,29). The number of pyridine rings is 1. The van der Waals surface area contributed by atoms with Crippen molar-refractivity contribution >= 4 is 34.1 Å². The number of carbonyl (C=O) groups excluding carboxylic acids is 1. The van der Waals surface area contributed by atoms with Crippen LogP contribution in [-0.2, 0) is 0 Å². The SMILES string of the molecule is COc1ccc(-c2cc(C(=O)Nc3cc(Cl)ccc3C)c3ccccc3n2)c(OC)c1. The van der Waals surface area contributed by atoms with Gasteiger partial charge in [-0.2, -0.15) is 0 Å². The van der Waals surface area contributed by atoms with E-state index < -0.39 is 0 Å². The number of methoxy groups -OCH3 is 2. The molecule has 1 heterocycles. The Labute approximate surface area is 185 Å². The number of hydrogen-bond donors (Lipinski definition) is 1. The molecule has 0 spiro atoms. The molecule has 0 radical (unpaired) electrons. The van der Waals surface area contributed by atoms with Crippen molar-refractivity contribution in [1.29, 1.82) is 0 Å². The van der Waals surface area contributed by atoms with Crippen LogP contribution in [0.15, 0.2) is 66.7 Å². The van der Waals surface area contributed by atoms with Crippen LogP contribution in [0.3, 0.4) is 0 Å². The topological polar surface area (TPSA) is 60.5 Å². The lowest BCUT2D eigenvalue weighted by Crippen LogP contribution is -2.14. The van der Waals surface area contributed by atoms with Crippen LogP contribution in [0.5, 0.6) is 11.5 Å². The van der Waals surface area contributed by atoms with Crippen LogP contribution >= 0.6 is 11.6 Å². The first-order valence-electron chi connectivity index (χ1n) is 9.70. The van der Waals surface area contributed by atoms with Gasteiger partial charge in [-0.15, -0.1) is 0 Å². The number of aromatic nitrogens is 1. The zero-order valence-corrected chi connectivity index (χ0v) is 18.2. The molecule has 0 aliphatic rings. The van der Waals surface area contributed by atoms with Gasteiger partial charge >= 0.3 is 0 Å². The maximum absolute atomic E-state index is 13.3. The molecule has 5 nitrogen and oxygen atoms in total. The first kappa shape index (κ1) is 20.7. The number of halogens is 1. The third-order valence-electron chi connectivity index (χ3n) is 5.09. The van der Waals surface area contributed by atoms with Crippen molar-refractivity contribution < 1.29 is 14.3 Å². The van der Waals surface area contributed by atoms with Crippen LogP contribution in [0.4, 0.5) is 5.69 Å². The van der Waals surface area contributed by atoms with E-state index in [0.717, 1.165) is 16.5 Å². The van der Waals surface area contributed by atoms with E-state index in [9.17, 15) is 4.79 Å². The molecule has 31 heavy (non-hydrogen) atoms. The fourth-order valence-corrected chi connectivity index (χ4v) is 3.60. The van der Waals surface area contributed by atoms with Gasteiger partial charge in [-0.25, -0.2) is 4.98 Å². The van der Waals surface area contributed by atoms with Crippen molar-refractivity contribution in [3.05, 3.63) is 82.9 Å². The molecule has 0 unspecified atom stereocenters. The van der Waals surface area contributed by atoms with Crippen LogP contribution in [0, 0.1) is 6.92 Å². The highest BCUT2D eigenvalue weighted by Crippen LogP contribution is 2.34. The summed E-state index contributed by atoms with van der Waals surface area (Å²) < 4.78 is 10.8. The summed E-state index contributed by atoms with van der Waals surface area (Å²) in [7, 11) is 3.19. The number of hydrogen-bond acceptors (Lipinski definition) is 4. The number of aryl methyl sites for hydroxylation is 1. The molecule has 0 aliphatic carbocycles. The molecule has 0 saturated carbocycles. The number of fused-ring (bicyclic) bond motifs is 1. The van der Waals surface area contributed by atoms with Crippen LogP contribution in [-0.4, -0.2) is 25.1 Å². The quantitative estimate of drug-likeness (QED) is 0.412. The smallest absolute Gasteiger partial charge is 0.256 e. The molecule has 4 aromatic rings. The lowest BCUT2D eigenvalue weighted by atomic mass is 10.0. The Morgan fingerprint density at radius 3 is 2.55 bits per heavy atom. The highest BCUT2D eigenvalue weighted by atomic mass is 35.5. The lowest BCUT2D eigenvalue weighted by molar-refractivity contribution is 0.102. The third kappa shape index (κ3) is 4.18. The molecule has 0 saturated heterocycles. The largest absolute Gasteiger partial charge is 0.497 e. The van der Waals surface area contributed by atoms with Gasteiger partial charge < -0.3 is 14.8 Å². The summed E-state index contributed by atoms with van der Waals surface area (Å²) >= 11 is 6.12. The number of nitrogens with one attached hydrogen (secondary N) is 1. The molecule has 0 aliphatic heterocycles. The maximum Gasteiger partial charge on any atom is 0.256 e. The Kier molecular flexibility index (Phi) is 5.78. The molecule has 156 valence electrons. The second kappa shape index (κ2) is 8.66. The van der Waals surface area contributed by atoms with Gasteiger partial charge in [0.05, 0.1) is 31.0 Å². The van der Waals surface area contributed by atoms with Crippen LogP contribution in [0.25, 0.3) is 22.2 Å². The van der Waals surface area contributed by atoms with Gasteiger partial charge in [-0.1, -0.05) is 35.9 Å². The normalized spacial score (nSPS) is 10.7. The molecule has 0 fully saturated rings. The summed E-state index contributed by atoms with van der Waals surface area (Å²) in [5.74, 6) is 1.05. The summed E-state index contributed by atoms with van der Waals surface area (Å²) in [5, 5.41) is 4.30. The minimum Gasteiger partial charge on any atom is -0.497 e. The number of nitrogens with zero attached hydrogens (tertiary/aromatic N) is 1. The Balaban J connectivity index is 1.84. The van der Waals surface area contributed by atoms with Gasteiger partial charge in [0, 0.05) is 27.7 Å². The molecular formula is C25H21ClN2O3. The molecule has 1 aromatic heterocycles. The lowest BCUT2D eigenvalue weighted by Gasteiger charge is -2.14. The van der Waals surface area contributed by atoms with E-state index in [4.69, 9.17) is 26.1 Å². The second-order valence-corrected chi connectivity index (χ2v) is 7.49. The fourth-order valence-electron chi connectivity index (χ4n) is 3.43. The minimum atomic E-state index is -0.238. The molecule has 0 atom stereocenters. The molecule has 6 heteroatoms. The van der Waals surface area contributed by atoms with Crippen molar-refractivity contribution in [2.45, 2.75) is 6.92 Å². The maximum atomic E-state index is 13.3. The van der Waals surface area contributed by atoms with Crippen molar-refractivity contribution in [3.8, 4) is 22.8 Å². The Morgan fingerprint density at radius 1 is 0.968 bits per heavy atom. The summed E-state index contributed by atoms with van der Waals surface area (Å²) in [4.78, 5) is 18.1. The number of ether oxygens (including phenoxy) is 2. The number of anilines is 1. The van der Waals surface area contributed by atoms with E-state index in [2.05, 4.69) is 5.32 Å². The van der Waals surface area contributed by atoms with E-state index in [0.29, 0.717) is 39.0 Å². The van der Waals surface area contributed by atoms with E-state index in [1.165, 1.54) is 0 Å². The summed E-state index contributed by atoms with van der Waals surface area (Å²) in [6.45, 7) is 1.92. The number of amides is 1. The van der Waals surface area contributed by atoms with Gasteiger partial charge in [0.2, 0.25) is 0 Å². The monoisotopic (exact) mass is 432 g/mol. The van der Waals surface area contributed by atoms with E-state index in [-0.39, 0.29) is 5.91 Å². The Bertz CT molecular complexity index is 1290. The Hall–Kier alpha value is -3.57. The number of carbonyl (C=O) groups is 1. The molecular weight excluding hydrogens is 412 g/mol. The Morgan fingerprint density at radius 2 is 1.77 bits per heavy atom. The van der Waals surface area contributed by atoms with Crippen LogP contribution < -0.4 is 14.8 Å². The molecule has 4 rings (SSSR count). The van der Waals surface area contributed by atoms with Crippen molar-refractivity contribution in [1.82, 2.24) is 4.98 Å². The van der Waals surface area contributed by atoms with Gasteiger partial charge in [0.25, 0.3) is 5.91 Å². The van der Waals surface area contributed by atoms with Crippen LogP contribution in [0.2, 0.25) is 5.02 Å². The van der Waals surface area contributed by atoms with Crippen molar-refractivity contribution in [2.75, 3.05) is 19.5 Å². The predicted octanol–water partition coefficient (Wildman–Crippen LogP) is 6.13. The summed E-state index contributed by atoms with van der Waals surface area (Å²) in [6.07, 6.45) is 0. The van der Waals surface area contributed by atoms with E-state index in [1.807, 2.05) is 49.4 Å². The number of rotatable bonds is 5. The summed E-state index contributed by atoms with van der Waals surface area (Å²) in [6, 6.07) is 20.2.